The van der Waals surface area contributed by atoms with Crippen LogP contribution in [-0.2, 0) is 0 Å². The lowest BCUT2D eigenvalue weighted by molar-refractivity contribution is 0.438. The molecule has 0 aromatic rings. The number of hydrogen-bond donors (Lipinski definition) is 0. The first kappa shape index (κ1) is 12.6. The highest BCUT2D eigenvalue weighted by Gasteiger charge is 2.36. The molecule has 1 atom stereocenters. The number of rotatable bonds is 5. The van der Waals surface area contributed by atoms with Gasteiger partial charge >= 0.3 is 0 Å². The zero-order chi connectivity index (χ0) is 9.83. The van der Waals surface area contributed by atoms with E-state index in [-0.39, 0.29) is 9.75 Å². The van der Waals surface area contributed by atoms with Gasteiger partial charge in [-0.25, -0.2) is 0 Å². The average Bonchev–Trinajstić information content (AvgIpc) is 1.85. The number of halogens is 2. The van der Waals surface area contributed by atoms with Gasteiger partial charge in [0.15, 0.2) is 0 Å². The lowest BCUT2D eigenvalue weighted by Crippen LogP contribution is -2.37. The van der Waals surface area contributed by atoms with E-state index in [1.165, 1.54) is 19.3 Å². The summed E-state index contributed by atoms with van der Waals surface area (Å²) in [7, 11) is 0. The maximum absolute atomic E-state index is 6.32. The largest absolute Gasteiger partial charge is 0.118 e. The van der Waals surface area contributed by atoms with Gasteiger partial charge in [0.2, 0.25) is 0 Å². The molecule has 0 N–H and O–H groups in total. The van der Waals surface area contributed by atoms with Crippen molar-refractivity contribution in [1.29, 1.82) is 0 Å². The van der Waals surface area contributed by atoms with Crippen LogP contribution in [0.15, 0.2) is 0 Å². The minimum atomic E-state index is -0.317. The first-order valence-corrected chi connectivity index (χ1v) is 5.44. The van der Waals surface area contributed by atoms with Gasteiger partial charge in [0, 0.05) is 0 Å². The van der Waals surface area contributed by atoms with Crippen LogP contribution in [0.1, 0.15) is 53.4 Å². The molecular weight excluding hydrogens is 191 g/mol. The Morgan fingerprint density at radius 3 is 1.83 bits per heavy atom. The smallest absolute Gasteiger partial charge is 0.0604 e. The van der Waals surface area contributed by atoms with Gasteiger partial charge in [-0.05, 0) is 27.2 Å². The average molecular weight is 211 g/mol. The molecule has 0 rings (SSSR count). The number of unbranched alkanes of at least 4 members (excludes halogenated alkanes) is 2. The van der Waals surface area contributed by atoms with Crippen LogP contribution in [0.5, 0.6) is 0 Å². The molecule has 12 heavy (non-hydrogen) atoms. The predicted molar refractivity (Wildman–Crippen MR) is 58.3 cm³/mol. The summed E-state index contributed by atoms with van der Waals surface area (Å²) in [5.41, 5.74) is 0. The molecule has 0 aromatic heterocycles. The van der Waals surface area contributed by atoms with Crippen molar-refractivity contribution in [3.8, 4) is 0 Å². The third-order valence-electron chi connectivity index (χ3n) is 2.49. The molecule has 0 spiro atoms. The second kappa shape index (κ2) is 4.72. The Morgan fingerprint density at radius 1 is 1.00 bits per heavy atom. The molecule has 2 heteroatoms. The van der Waals surface area contributed by atoms with Crippen molar-refractivity contribution in [2.24, 2.45) is 0 Å². The van der Waals surface area contributed by atoms with Crippen molar-refractivity contribution in [2.45, 2.75) is 63.1 Å². The quantitative estimate of drug-likeness (QED) is 0.461. The fraction of sp³-hybridized carbons (Fsp3) is 1.00. The molecule has 0 aliphatic carbocycles. The monoisotopic (exact) mass is 210 g/mol. The van der Waals surface area contributed by atoms with Gasteiger partial charge in [-0.1, -0.05) is 26.2 Å². The van der Waals surface area contributed by atoms with Gasteiger partial charge in [0.25, 0.3) is 0 Å². The highest BCUT2D eigenvalue weighted by atomic mass is 35.5. The Kier molecular flexibility index (Phi) is 4.94. The van der Waals surface area contributed by atoms with Gasteiger partial charge < -0.3 is 0 Å². The molecule has 0 bridgehead atoms. The molecule has 0 radical (unpaired) electrons. The summed E-state index contributed by atoms with van der Waals surface area (Å²) in [6.45, 7) is 8.18. The van der Waals surface area contributed by atoms with E-state index in [1.54, 1.807) is 0 Å². The zero-order valence-corrected chi connectivity index (χ0v) is 10.1. The first-order valence-electron chi connectivity index (χ1n) is 4.69. The SMILES string of the molecule is CCCCCC(C)(Cl)C(C)(C)Cl. The van der Waals surface area contributed by atoms with Crippen LogP contribution in [0, 0.1) is 0 Å². The van der Waals surface area contributed by atoms with E-state index in [0.29, 0.717) is 0 Å². The van der Waals surface area contributed by atoms with E-state index in [0.717, 1.165) is 6.42 Å². The Bertz CT molecular complexity index is 122. The molecule has 1 unspecified atom stereocenters. The molecule has 0 saturated carbocycles. The van der Waals surface area contributed by atoms with Crippen LogP contribution in [0.2, 0.25) is 0 Å². The van der Waals surface area contributed by atoms with Gasteiger partial charge in [-0.15, -0.1) is 23.2 Å². The van der Waals surface area contributed by atoms with Gasteiger partial charge in [0.05, 0.1) is 9.75 Å². The summed E-state index contributed by atoms with van der Waals surface area (Å²) in [5.74, 6) is 0. The highest BCUT2D eigenvalue weighted by molar-refractivity contribution is 6.34. The molecule has 0 nitrogen and oxygen atoms in total. The van der Waals surface area contributed by atoms with E-state index in [2.05, 4.69) is 6.92 Å². The summed E-state index contributed by atoms with van der Waals surface area (Å²) in [5, 5.41) is 0. The molecule has 0 aromatic carbocycles. The lowest BCUT2D eigenvalue weighted by atomic mass is 9.90. The maximum atomic E-state index is 6.32. The molecule has 0 aliphatic rings. The fourth-order valence-corrected chi connectivity index (χ4v) is 1.23. The third kappa shape index (κ3) is 4.00. The molecule has 0 aliphatic heterocycles. The Morgan fingerprint density at radius 2 is 1.50 bits per heavy atom. The normalized spacial score (nSPS) is 17.5. The summed E-state index contributed by atoms with van der Waals surface area (Å²) in [6.07, 6.45) is 4.65. The van der Waals surface area contributed by atoms with Crippen LogP contribution in [0.3, 0.4) is 0 Å². The van der Waals surface area contributed by atoms with Crippen LogP contribution in [0.4, 0.5) is 0 Å². The summed E-state index contributed by atoms with van der Waals surface area (Å²) >= 11 is 12.5. The minimum absolute atomic E-state index is 0.274. The van der Waals surface area contributed by atoms with Gasteiger partial charge in [-0.2, -0.15) is 0 Å². The molecule has 0 fully saturated rings. The summed E-state index contributed by atoms with van der Waals surface area (Å²) in [6, 6.07) is 0. The second-order valence-corrected chi connectivity index (χ2v) is 5.91. The van der Waals surface area contributed by atoms with Crippen LogP contribution >= 0.6 is 23.2 Å². The van der Waals surface area contributed by atoms with Gasteiger partial charge in [-0.3, -0.25) is 0 Å². The second-order valence-electron chi connectivity index (χ2n) is 4.13. The lowest BCUT2D eigenvalue weighted by Gasteiger charge is -2.34. The third-order valence-corrected chi connectivity index (χ3v) is 3.66. The predicted octanol–water partition coefficient (Wildman–Crippen LogP) is 4.58. The summed E-state index contributed by atoms with van der Waals surface area (Å²) < 4.78 is 0. The summed E-state index contributed by atoms with van der Waals surface area (Å²) in [4.78, 5) is -0.591. The van der Waals surface area contributed by atoms with Crippen molar-refractivity contribution >= 4 is 23.2 Å². The number of hydrogen-bond acceptors (Lipinski definition) is 0. The fourth-order valence-electron chi connectivity index (χ4n) is 1.00. The van der Waals surface area contributed by atoms with Crippen molar-refractivity contribution in [1.82, 2.24) is 0 Å². The van der Waals surface area contributed by atoms with Crippen LogP contribution in [-0.4, -0.2) is 9.75 Å². The van der Waals surface area contributed by atoms with Crippen molar-refractivity contribution < 1.29 is 0 Å². The van der Waals surface area contributed by atoms with Gasteiger partial charge in [0.1, 0.15) is 0 Å². The van der Waals surface area contributed by atoms with Crippen molar-refractivity contribution in [3.63, 3.8) is 0 Å². The molecule has 74 valence electrons. The Hall–Kier alpha value is 0.580. The molecular formula is C10H20Cl2. The van der Waals surface area contributed by atoms with E-state index >= 15 is 0 Å². The van der Waals surface area contributed by atoms with Crippen LogP contribution < -0.4 is 0 Å². The maximum Gasteiger partial charge on any atom is 0.0604 e. The highest BCUT2D eigenvalue weighted by Crippen LogP contribution is 2.38. The zero-order valence-electron chi connectivity index (χ0n) is 8.58. The minimum Gasteiger partial charge on any atom is -0.118 e. The molecule has 0 amide bonds. The molecule has 0 saturated heterocycles. The Balaban J connectivity index is 3.88. The standard InChI is InChI=1S/C10H20Cl2/c1-5-6-7-8-10(4,12)9(2,3)11/h5-8H2,1-4H3. The number of alkyl halides is 2. The Labute approximate surface area is 86.6 Å². The van der Waals surface area contributed by atoms with Crippen molar-refractivity contribution in [2.75, 3.05) is 0 Å². The first-order chi connectivity index (χ1) is 5.31. The van der Waals surface area contributed by atoms with E-state index in [9.17, 15) is 0 Å². The van der Waals surface area contributed by atoms with E-state index < -0.39 is 0 Å². The molecule has 0 heterocycles. The van der Waals surface area contributed by atoms with Crippen LogP contribution in [0.25, 0.3) is 0 Å². The topological polar surface area (TPSA) is 0 Å². The van der Waals surface area contributed by atoms with Crippen molar-refractivity contribution in [3.05, 3.63) is 0 Å². The van der Waals surface area contributed by atoms with E-state index in [1.807, 2.05) is 20.8 Å². The van der Waals surface area contributed by atoms with E-state index in [4.69, 9.17) is 23.2 Å².